The van der Waals surface area contributed by atoms with E-state index in [1.165, 1.54) is 0 Å². The molecule has 0 aliphatic heterocycles. The summed E-state index contributed by atoms with van der Waals surface area (Å²) in [6, 6.07) is 3.47. The first-order chi connectivity index (χ1) is 12.1. The number of aromatic nitrogens is 1. The maximum absolute atomic E-state index is 11.7. The summed E-state index contributed by atoms with van der Waals surface area (Å²) >= 11 is 0. The average Bonchev–Trinajstić information content (AvgIpc) is 2.65. The highest BCUT2D eigenvalue weighted by molar-refractivity contribution is 5.78. The molecule has 0 bridgehead atoms. The third-order valence-corrected chi connectivity index (χ3v) is 4.02. The molecular formula is C18H24N4O3. The number of hydrogen-bond acceptors (Lipinski definition) is 6. The molecule has 2 rings (SSSR count). The first-order valence-electron chi connectivity index (χ1n) is 8.58. The summed E-state index contributed by atoms with van der Waals surface area (Å²) in [6.45, 7) is 0.644. The molecule has 134 valence electrons. The predicted octanol–water partition coefficient (Wildman–Crippen LogP) is 1.92. The zero-order valence-corrected chi connectivity index (χ0v) is 14.4. The van der Waals surface area contributed by atoms with E-state index in [-0.39, 0.29) is 5.91 Å². The zero-order chi connectivity index (χ0) is 18.1. The fourth-order valence-corrected chi connectivity index (χ4v) is 2.54. The lowest BCUT2D eigenvalue weighted by Crippen LogP contribution is -2.36. The minimum atomic E-state index is -0.492. The molecule has 1 aromatic heterocycles. The lowest BCUT2D eigenvalue weighted by Gasteiger charge is -2.14. The molecule has 1 heterocycles. The number of unbranched alkanes of at least 4 members (excludes halogenated alkanes) is 4. The van der Waals surface area contributed by atoms with Gasteiger partial charge in [-0.05, 0) is 25.0 Å². The van der Waals surface area contributed by atoms with E-state index in [2.05, 4.69) is 20.9 Å². The van der Waals surface area contributed by atoms with Gasteiger partial charge in [-0.2, -0.15) is 0 Å². The van der Waals surface area contributed by atoms with Gasteiger partial charge in [0.2, 0.25) is 5.91 Å². The van der Waals surface area contributed by atoms with E-state index < -0.39 is 10.9 Å². The smallest absolute Gasteiger partial charge is 0.253 e. The van der Waals surface area contributed by atoms with Crippen LogP contribution in [-0.2, 0) is 4.79 Å². The van der Waals surface area contributed by atoms with Crippen LogP contribution in [0.25, 0.3) is 0 Å². The van der Waals surface area contributed by atoms with Crippen molar-refractivity contribution in [2.24, 2.45) is 0 Å². The molecule has 0 aliphatic carbocycles. The van der Waals surface area contributed by atoms with Crippen LogP contribution in [0.4, 0.5) is 17.1 Å². The number of nitrogens with zero attached hydrogens (tertiary/aromatic N) is 1. The summed E-state index contributed by atoms with van der Waals surface area (Å²) in [4.78, 5) is 38.4. The molecule has 0 aliphatic rings. The quantitative estimate of drug-likeness (QED) is 0.425. The van der Waals surface area contributed by atoms with Gasteiger partial charge in [0.15, 0.2) is 0 Å². The Morgan fingerprint density at radius 3 is 2.32 bits per heavy atom. The van der Waals surface area contributed by atoms with Crippen molar-refractivity contribution in [2.75, 3.05) is 24.2 Å². The predicted molar refractivity (Wildman–Crippen MR) is 99.1 cm³/mol. The number of anilines is 3. The van der Waals surface area contributed by atoms with Crippen molar-refractivity contribution < 1.29 is 4.79 Å². The molecule has 1 aromatic carbocycles. The van der Waals surface area contributed by atoms with Crippen molar-refractivity contribution in [3.63, 3.8) is 0 Å². The second kappa shape index (κ2) is 9.56. The number of carbonyl (C=O) groups is 1. The molecule has 0 unspecified atom stereocenters. The Bertz CT molecular complexity index is 751. The van der Waals surface area contributed by atoms with E-state index in [9.17, 15) is 14.4 Å². The Morgan fingerprint density at radius 2 is 1.60 bits per heavy atom. The van der Waals surface area contributed by atoms with Crippen LogP contribution in [0.2, 0.25) is 0 Å². The number of amides is 1. The van der Waals surface area contributed by atoms with E-state index in [1.807, 2.05) is 0 Å². The van der Waals surface area contributed by atoms with Crippen LogP contribution in [0, 0.1) is 0 Å². The maximum Gasteiger partial charge on any atom is 0.253 e. The van der Waals surface area contributed by atoms with Crippen molar-refractivity contribution in [3.05, 3.63) is 45.0 Å². The first kappa shape index (κ1) is 18.6. The van der Waals surface area contributed by atoms with E-state index >= 15 is 0 Å². The molecule has 25 heavy (non-hydrogen) atoms. The van der Waals surface area contributed by atoms with Crippen LogP contribution in [0.3, 0.4) is 0 Å². The normalized spacial score (nSPS) is 10.6. The highest BCUT2D eigenvalue weighted by Crippen LogP contribution is 2.20. The van der Waals surface area contributed by atoms with Crippen LogP contribution >= 0.6 is 0 Å². The molecule has 7 nitrogen and oxygen atoms in total. The van der Waals surface area contributed by atoms with Gasteiger partial charge >= 0.3 is 0 Å². The summed E-state index contributed by atoms with van der Waals surface area (Å²) in [5.41, 5.74) is 0.445. The molecule has 0 saturated carbocycles. The minimum absolute atomic E-state index is 0.0796. The lowest BCUT2D eigenvalue weighted by atomic mass is 10.1. The molecule has 0 spiro atoms. The molecule has 0 atom stereocenters. The van der Waals surface area contributed by atoms with Crippen molar-refractivity contribution in [3.8, 4) is 0 Å². The Labute approximate surface area is 146 Å². The summed E-state index contributed by atoms with van der Waals surface area (Å²) in [7, 11) is 1.65. The molecule has 2 aromatic rings. The van der Waals surface area contributed by atoms with Crippen LogP contribution in [-0.4, -0.2) is 24.5 Å². The first-order valence-corrected chi connectivity index (χ1v) is 8.58. The summed E-state index contributed by atoms with van der Waals surface area (Å²) < 4.78 is 0. The summed E-state index contributed by atoms with van der Waals surface area (Å²) in [5.74, 6) is 0.0796. The third-order valence-electron chi connectivity index (χ3n) is 4.02. The standard InChI is InChI=1S/C18H24N4O3/c1-19-14(23)7-5-3-2-4-6-10-21-15-16(18(25)17(15)24)22-13-8-11-20-12-9-13/h8-9,11-12,21H,2-7,10H2,1H3,(H,19,23)(H,20,22). The Morgan fingerprint density at radius 1 is 0.960 bits per heavy atom. The second-order valence-electron chi connectivity index (χ2n) is 5.89. The third kappa shape index (κ3) is 5.41. The van der Waals surface area contributed by atoms with Crippen LogP contribution in [0.1, 0.15) is 38.5 Å². The fourth-order valence-electron chi connectivity index (χ4n) is 2.54. The largest absolute Gasteiger partial charge is 0.380 e. The van der Waals surface area contributed by atoms with Crippen molar-refractivity contribution in [2.45, 2.75) is 38.5 Å². The van der Waals surface area contributed by atoms with Gasteiger partial charge in [-0.1, -0.05) is 19.3 Å². The Balaban J connectivity index is 1.68. The van der Waals surface area contributed by atoms with E-state index in [1.54, 1.807) is 31.6 Å². The Kier molecular flexibility index (Phi) is 7.13. The molecule has 0 fully saturated rings. The summed E-state index contributed by atoms with van der Waals surface area (Å²) in [5, 5.41) is 8.63. The highest BCUT2D eigenvalue weighted by Gasteiger charge is 2.20. The SMILES string of the molecule is CNC(=O)CCCCCCCNc1c(Nc2ccncc2)c(=O)c1=O. The number of hydrogen-bond donors (Lipinski definition) is 3. The van der Waals surface area contributed by atoms with Gasteiger partial charge in [0.05, 0.1) is 0 Å². The lowest BCUT2D eigenvalue weighted by molar-refractivity contribution is -0.120. The van der Waals surface area contributed by atoms with Crippen LogP contribution in [0.15, 0.2) is 34.1 Å². The van der Waals surface area contributed by atoms with Gasteiger partial charge in [-0.25, -0.2) is 0 Å². The van der Waals surface area contributed by atoms with E-state index in [0.717, 1.165) is 37.8 Å². The topological polar surface area (TPSA) is 100 Å². The fraction of sp³-hybridized carbons (Fsp3) is 0.444. The molecule has 0 radical (unpaired) electrons. The van der Waals surface area contributed by atoms with Crippen LogP contribution in [0.5, 0.6) is 0 Å². The second-order valence-corrected chi connectivity index (χ2v) is 5.89. The number of nitrogens with one attached hydrogen (secondary N) is 3. The van der Waals surface area contributed by atoms with Gasteiger partial charge in [0.25, 0.3) is 10.9 Å². The maximum atomic E-state index is 11.7. The van der Waals surface area contributed by atoms with Gasteiger partial charge in [0, 0.05) is 38.1 Å². The number of carbonyl (C=O) groups excluding carboxylic acids is 1. The van der Waals surface area contributed by atoms with Crippen LogP contribution < -0.4 is 26.8 Å². The van der Waals surface area contributed by atoms with Gasteiger partial charge in [-0.15, -0.1) is 0 Å². The van der Waals surface area contributed by atoms with E-state index in [0.29, 0.717) is 24.3 Å². The number of pyridine rings is 1. The molecular weight excluding hydrogens is 320 g/mol. The Hall–Kier alpha value is -2.70. The van der Waals surface area contributed by atoms with Gasteiger partial charge in [-0.3, -0.25) is 19.4 Å². The molecule has 0 saturated heterocycles. The summed E-state index contributed by atoms with van der Waals surface area (Å²) in [6.07, 6.45) is 8.69. The number of rotatable bonds is 11. The zero-order valence-electron chi connectivity index (χ0n) is 14.4. The highest BCUT2D eigenvalue weighted by atomic mass is 16.2. The van der Waals surface area contributed by atoms with Crippen molar-refractivity contribution in [1.29, 1.82) is 0 Å². The molecule has 1 amide bonds. The minimum Gasteiger partial charge on any atom is -0.380 e. The monoisotopic (exact) mass is 344 g/mol. The van der Waals surface area contributed by atoms with Crippen molar-refractivity contribution >= 4 is 23.0 Å². The molecule has 7 heteroatoms. The molecule has 3 N–H and O–H groups in total. The average molecular weight is 344 g/mol. The van der Waals surface area contributed by atoms with Gasteiger partial charge < -0.3 is 16.0 Å². The van der Waals surface area contributed by atoms with Crippen molar-refractivity contribution in [1.82, 2.24) is 10.3 Å². The van der Waals surface area contributed by atoms with Gasteiger partial charge in [0.1, 0.15) is 11.4 Å². The van der Waals surface area contributed by atoms with E-state index in [4.69, 9.17) is 0 Å².